The molecule has 0 unspecified atom stereocenters. The summed E-state index contributed by atoms with van der Waals surface area (Å²) in [6.07, 6.45) is 0. The van der Waals surface area contributed by atoms with E-state index >= 15 is 0 Å². The van der Waals surface area contributed by atoms with Gasteiger partial charge in [-0.25, -0.2) is 9.59 Å². The van der Waals surface area contributed by atoms with Crippen LogP contribution in [0.15, 0.2) is 84.9 Å². The van der Waals surface area contributed by atoms with E-state index in [9.17, 15) is 19.2 Å². The second-order valence-corrected chi connectivity index (χ2v) is 6.89. The van der Waals surface area contributed by atoms with E-state index in [1.54, 1.807) is 48.5 Å². The van der Waals surface area contributed by atoms with Crippen molar-refractivity contribution in [3.63, 3.8) is 0 Å². The van der Waals surface area contributed by atoms with Gasteiger partial charge in [-0.15, -0.1) is 0 Å². The largest absolute Gasteiger partial charge is 0.482 e. The van der Waals surface area contributed by atoms with Gasteiger partial charge in [0.1, 0.15) is 5.75 Å². The van der Waals surface area contributed by atoms with Gasteiger partial charge in [-0.05, 0) is 29.8 Å². The minimum absolute atomic E-state index is 0.125. The predicted octanol–water partition coefficient (Wildman–Crippen LogP) is 2.87. The number of rotatable bonds is 9. The fraction of sp³-hybridized carbons (Fsp3) is 0.120. The van der Waals surface area contributed by atoms with Crippen LogP contribution in [0, 0.1) is 0 Å². The third kappa shape index (κ3) is 7.62. The number of carbonyl (C=O) groups excluding carboxylic acids is 4. The molecule has 3 rings (SSSR count). The molecule has 0 saturated heterocycles. The first kappa shape index (κ1) is 23.2. The molecule has 8 nitrogen and oxygen atoms in total. The molecule has 0 bridgehead atoms. The van der Waals surface area contributed by atoms with E-state index in [0.29, 0.717) is 16.9 Å². The molecule has 0 aliphatic heterocycles. The van der Waals surface area contributed by atoms with Gasteiger partial charge in [0.2, 0.25) is 0 Å². The zero-order valence-electron chi connectivity index (χ0n) is 17.7. The Hall–Kier alpha value is -4.46. The van der Waals surface area contributed by atoms with Gasteiger partial charge in [0.15, 0.2) is 19.0 Å². The third-order valence-electron chi connectivity index (χ3n) is 4.42. The van der Waals surface area contributed by atoms with Crippen molar-refractivity contribution in [3.05, 3.63) is 102 Å². The second-order valence-electron chi connectivity index (χ2n) is 6.89. The summed E-state index contributed by atoms with van der Waals surface area (Å²) in [5, 5.41) is 4.60. The standard InChI is InChI=1S/C25H22N2O6/c28-22(27-25(31)26-15-18-7-3-1-4-8-18)16-33-23(29)17-32-21-13-11-20(12-14-21)24(30)19-9-5-2-6-10-19/h1-14H,15-17H2,(H2,26,27,28,31). The van der Waals surface area contributed by atoms with Gasteiger partial charge >= 0.3 is 12.0 Å². The number of nitrogens with one attached hydrogen (secondary N) is 2. The number of carbonyl (C=O) groups is 4. The summed E-state index contributed by atoms with van der Waals surface area (Å²) in [4.78, 5) is 47.6. The van der Waals surface area contributed by atoms with Crippen LogP contribution >= 0.6 is 0 Å². The highest BCUT2D eigenvalue weighted by molar-refractivity contribution is 6.09. The number of benzene rings is 3. The van der Waals surface area contributed by atoms with Crippen molar-refractivity contribution in [2.75, 3.05) is 13.2 Å². The highest BCUT2D eigenvalue weighted by Crippen LogP contribution is 2.15. The SMILES string of the molecule is O=C(COC(=O)COc1ccc(C(=O)c2ccccc2)cc1)NC(=O)NCc1ccccc1. The van der Waals surface area contributed by atoms with E-state index < -0.39 is 31.1 Å². The molecule has 0 radical (unpaired) electrons. The maximum Gasteiger partial charge on any atom is 0.344 e. The molecule has 33 heavy (non-hydrogen) atoms. The van der Waals surface area contributed by atoms with Crippen LogP contribution in [0.5, 0.6) is 5.75 Å². The van der Waals surface area contributed by atoms with Crippen LogP contribution in [-0.4, -0.2) is 36.9 Å². The Morgan fingerprint density at radius 1 is 0.697 bits per heavy atom. The van der Waals surface area contributed by atoms with Crippen LogP contribution in [-0.2, 0) is 20.9 Å². The van der Waals surface area contributed by atoms with Gasteiger partial charge in [0.05, 0.1) is 0 Å². The van der Waals surface area contributed by atoms with Crippen molar-refractivity contribution in [1.82, 2.24) is 10.6 Å². The molecular weight excluding hydrogens is 424 g/mol. The van der Waals surface area contributed by atoms with E-state index in [0.717, 1.165) is 5.56 Å². The summed E-state index contributed by atoms with van der Waals surface area (Å²) in [6.45, 7) is -0.797. The highest BCUT2D eigenvalue weighted by Gasteiger charge is 2.12. The fourth-order valence-electron chi connectivity index (χ4n) is 2.77. The number of ether oxygens (including phenoxy) is 2. The lowest BCUT2D eigenvalue weighted by Gasteiger charge is -2.09. The third-order valence-corrected chi connectivity index (χ3v) is 4.42. The fourth-order valence-corrected chi connectivity index (χ4v) is 2.77. The van der Waals surface area contributed by atoms with Gasteiger partial charge in [-0.3, -0.25) is 14.9 Å². The first-order valence-corrected chi connectivity index (χ1v) is 10.1. The zero-order valence-corrected chi connectivity index (χ0v) is 17.7. The van der Waals surface area contributed by atoms with E-state index in [1.807, 2.05) is 36.4 Å². The number of esters is 1. The lowest BCUT2D eigenvalue weighted by atomic mass is 10.0. The minimum Gasteiger partial charge on any atom is -0.482 e. The molecule has 0 atom stereocenters. The molecule has 3 amide bonds. The summed E-state index contributed by atoms with van der Waals surface area (Å²) < 4.78 is 10.1. The lowest BCUT2D eigenvalue weighted by Crippen LogP contribution is -2.41. The van der Waals surface area contributed by atoms with Crippen LogP contribution in [0.1, 0.15) is 21.5 Å². The van der Waals surface area contributed by atoms with E-state index in [2.05, 4.69) is 10.6 Å². The molecule has 0 fully saturated rings. The molecule has 0 heterocycles. The van der Waals surface area contributed by atoms with E-state index in [4.69, 9.17) is 9.47 Å². The van der Waals surface area contributed by atoms with Crippen LogP contribution in [0.2, 0.25) is 0 Å². The number of hydrogen-bond acceptors (Lipinski definition) is 6. The van der Waals surface area contributed by atoms with Crippen molar-refractivity contribution in [1.29, 1.82) is 0 Å². The van der Waals surface area contributed by atoms with Crippen molar-refractivity contribution in [3.8, 4) is 5.75 Å². The smallest absolute Gasteiger partial charge is 0.344 e. The summed E-state index contributed by atoms with van der Waals surface area (Å²) in [5.74, 6) is -1.31. The van der Waals surface area contributed by atoms with Crippen molar-refractivity contribution < 1.29 is 28.7 Å². The molecule has 8 heteroatoms. The van der Waals surface area contributed by atoms with Crippen molar-refractivity contribution in [2.24, 2.45) is 0 Å². The average molecular weight is 446 g/mol. The first-order chi connectivity index (χ1) is 16.0. The second kappa shape index (κ2) is 11.8. The molecule has 168 valence electrons. The topological polar surface area (TPSA) is 111 Å². The van der Waals surface area contributed by atoms with Gasteiger partial charge in [0.25, 0.3) is 5.91 Å². The number of ketones is 1. The lowest BCUT2D eigenvalue weighted by molar-refractivity contribution is -0.150. The van der Waals surface area contributed by atoms with Crippen molar-refractivity contribution >= 4 is 23.7 Å². The molecule has 3 aromatic carbocycles. The number of hydrogen-bond donors (Lipinski definition) is 2. The van der Waals surface area contributed by atoms with E-state index in [-0.39, 0.29) is 12.3 Å². The first-order valence-electron chi connectivity index (χ1n) is 10.1. The molecule has 0 spiro atoms. The van der Waals surface area contributed by atoms with Crippen molar-refractivity contribution in [2.45, 2.75) is 6.54 Å². The number of amides is 3. The van der Waals surface area contributed by atoms with Crippen LogP contribution in [0.3, 0.4) is 0 Å². The van der Waals surface area contributed by atoms with Crippen LogP contribution < -0.4 is 15.4 Å². The highest BCUT2D eigenvalue weighted by atomic mass is 16.6. The Labute approximate surface area is 190 Å². The normalized spacial score (nSPS) is 10.1. The quantitative estimate of drug-likeness (QED) is 0.386. The zero-order chi connectivity index (χ0) is 23.5. The van der Waals surface area contributed by atoms with Crippen LogP contribution in [0.4, 0.5) is 4.79 Å². The van der Waals surface area contributed by atoms with Gasteiger partial charge < -0.3 is 14.8 Å². The molecule has 3 aromatic rings. The summed E-state index contributed by atoms with van der Waals surface area (Å²) >= 11 is 0. The molecule has 0 aliphatic carbocycles. The summed E-state index contributed by atoms with van der Waals surface area (Å²) in [5.41, 5.74) is 1.93. The number of imide groups is 1. The molecule has 0 saturated carbocycles. The van der Waals surface area contributed by atoms with Gasteiger partial charge in [-0.2, -0.15) is 0 Å². The maximum absolute atomic E-state index is 12.4. The Morgan fingerprint density at radius 3 is 1.97 bits per heavy atom. The summed E-state index contributed by atoms with van der Waals surface area (Å²) in [6, 6.07) is 23.7. The molecular formula is C25H22N2O6. The van der Waals surface area contributed by atoms with Gasteiger partial charge in [0, 0.05) is 17.7 Å². The Bertz CT molecular complexity index is 1100. The summed E-state index contributed by atoms with van der Waals surface area (Å²) in [7, 11) is 0. The Kier molecular flexibility index (Phi) is 8.30. The number of urea groups is 1. The monoisotopic (exact) mass is 446 g/mol. The molecule has 0 aliphatic rings. The average Bonchev–Trinajstić information content (AvgIpc) is 2.86. The predicted molar refractivity (Wildman–Crippen MR) is 120 cm³/mol. The van der Waals surface area contributed by atoms with Gasteiger partial charge in [-0.1, -0.05) is 60.7 Å². The maximum atomic E-state index is 12.4. The minimum atomic E-state index is -0.778. The van der Waals surface area contributed by atoms with Crippen LogP contribution in [0.25, 0.3) is 0 Å². The molecule has 2 N–H and O–H groups in total. The van der Waals surface area contributed by atoms with E-state index in [1.165, 1.54) is 0 Å². The Balaban J connectivity index is 1.35. The molecule has 0 aromatic heterocycles. The Morgan fingerprint density at radius 2 is 1.30 bits per heavy atom.